The quantitative estimate of drug-likeness (QED) is 0.917. The molecule has 1 aromatic rings. The van der Waals surface area contributed by atoms with Crippen LogP contribution in [0.4, 0.5) is 0 Å². The van der Waals surface area contributed by atoms with E-state index in [0.717, 1.165) is 23.0 Å². The Morgan fingerprint density at radius 2 is 2.33 bits per heavy atom. The fourth-order valence-corrected chi connectivity index (χ4v) is 2.16. The van der Waals surface area contributed by atoms with E-state index in [9.17, 15) is 0 Å². The van der Waals surface area contributed by atoms with Gasteiger partial charge in [-0.2, -0.15) is 5.26 Å². The molecule has 0 saturated heterocycles. The molecule has 80 valence electrons. The predicted molar refractivity (Wildman–Crippen MR) is 65.8 cm³/mol. The van der Waals surface area contributed by atoms with Crippen LogP contribution in [-0.2, 0) is 0 Å². The Balaban J connectivity index is 2.88. The molecule has 1 aromatic carbocycles. The molecule has 0 aliphatic heterocycles. The van der Waals surface area contributed by atoms with Gasteiger partial charge in [0, 0.05) is 9.50 Å². The fourth-order valence-electron chi connectivity index (χ4n) is 1.25. The van der Waals surface area contributed by atoms with Gasteiger partial charge in [0.1, 0.15) is 6.04 Å². The van der Waals surface area contributed by atoms with Gasteiger partial charge in [0.2, 0.25) is 0 Å². The lowest BCUT2D eigenvalue weighted by molar-refractivity contribution is 0.619. The van der Waals surface area contributed by atoms with Gasteiger partial charge in [0.25, 0.3) is 0 Å². The highest BCUT2D eigenvalue weighted by Crippen LogP contribution is 2.26. The van der Waals surface area contributed by atoms with E-state index in [4.69, 9.17) is 16.9 Å². The first kappa shape index (κ1) is 12.5. The van der Waals surface area contributed by atoms with E-state index in [0.29, 0.717) is 5.02 Å². The molecule has 0 bridgehead atoms. The van der Waals surface area contributed by atoms with Gasteiger partial charge in [-0.05, 0) is 30.7 Å². The summed E-state index contributed by atoms with van der Waals surface area (Å²) in [5.41, 5.74) is 0.926. The third kappa shape index (κ3) is 3.49. The molecule has 2 nitrogen and oxygen atoms in total. The molecule has 15 heavy (non-hydrogen) atoms. The van der Waals surface area contributed by atoms with Crippen molar-refractivity contribution in [1.29, 1.82) is 5.26 Å². The highest BCUT2D eigenvalue weighted by molar-refractivity contribution is 9.10. The van der Waals surface area contributed by atoms with Crippen LogP contribution >= 0.6 is 27.5 Å². The molecule has 1 rings (SSSR count). The van der Waals surface area contributed by atoms with E-state index in [1.807, 2.05) is 6.07 Å². The number of halogens is 2. The molecule has 0 aromatic heterocycles. The molecular weight excluding hydrogens is 275 g/mol. The standard InChI is InChI=1S/C11H12BrClN2/c1-2-5-15-11(7-14)9-4-3-8(13)6-10(9)12/h3-4,6,11,15H,2,5H2,1H3. The fraction of sp³-hybridized carbons (Fsp3) is 0.364. The van der Waals surface area contributed by atoms with Gasteiger partial charge < -0.3 is 0 Å². The Kier molecular flexibility index (Phi) is 5.10. The van der Waals surface area contributed by atoms with Crippen molar-refractivity contribution in [2.45, 2.75) is 19.4 Å². The summed E-state index contributed by atoms with van der Waals surface area (Å²) in [6.07, 6.45) is 1.00. The van der Waals surface area contributed by atoms with Gasteiger partial charge in [-0.1, -0.05) is 40.5 Å². The molecule has 1 unspecified atom stereocenters. The summed E-state index contributed by atoms with van der Waals surface area (Å²) in [5, 5.41) is 12.9. The maximum Gasteiger partial charge on any atom is 0.122 e. The summed E-state index contributed by atoms with van der Waals surface area (Å²) in [7, 11) is 0. The lowest BCUT2D eigenvalue weighted by Crippen LogP contribution is -2.20. The van der Waals surface area contributed by atoms with Crippen LogP contribution in [-0.4, -0.2) is 6.54 Å². The number of nitriles is 1. The van der Waals surface area contributed by atoms with Crippen molar-refractivity contribution in [3.63, 3.8) is 0 Å². The second kappa shape index (κ2) is 6.12. The summed E-state index contributed by atoms with van der Waals surface area (Å²) >= 11 is 9.24. The van der Waals surface area contributed by atoms with Crippen LogP contribution in [0, 0.1) is 11.3 Å². The summed E-state index contributed by atoms with van der Waals surface area (Å²) in [6, 6.07) is 7.40. The molecule has 0 saturated carbocycles. The van der Waals surface area contributed by atoms with Crippen molar-refractivity contribution >= 4 is 27.5 Å². The minimum absolute atomic E-state index is 0.281. The monoisotopic (exact) mass is 286 g/mol. The number of benzene rings is 1. The van der Waals surface area contributed by atoms with Gasteiger partial charge in [0.05, 0.1) is 6.07 Å². The molecule has 0 heterocycles. The number of hydrogen-bond acceptors (Lipinski definition) is 2. The average Bonchev–Trinajstić information content (AvgIpc) is 2.21. The molecule has 0 amide bonds. The molecule has 0 aliphatic carbocycles. The zero-order valence-corrected chi connectivity index (χ0v) is 10.8. The van der Waals surface area contributed by atoms with Crippen LogP contribution in [0.25, 0.3) is 0 Å². The van der Waals surface area contributed by atoms with Gasteiger partial charge in [0.15, 0.2) is 0 Å². The van der Waals surface area contributed by atoms with Crippen molar-refractivity contribution in [1.82, 2.24) is 5.32 Å². The lowest BCUT2D eigenvalue weighted by Gasteiger charge is -2.12. The number of hydrogen-bond donors (Lipinski definition) is 1. The Hall–Kier alpha value is -0.560. The number of nitrogens with one attached hydrogen (secondary N) is 1. The van der Waals surface area contributed by atoms with Crippen molar-refractivity contribution < 1.29 is 0 Å². The average molecular weight is 288 g/mol. The predicted octanol–water partition coefficient (Wildman–Crippen LogP) is 3.67. The van der Waals surface area contributed by atoms with Gasteiger partial charge in [-0.25, -0.2) is 0 Å². The highest BCUT2D eigenvalue weighted by atomic mass is 79.9. The minimum Gasteiger partial charge on any atom is -0.298 e. The first-order valence-corrected chi connectivity index (χ1v) is 5.94. The third-order valence-corrected chi connectivity index (χ3v) is 2.92. The number of rotatable bonds is 4. The van der Waals surface area contributed by atoms with Crippen LogP contribution in [0.2, 0.25) is 5.02 Å². The van der Waals surface area contributed by atoms with Crippen molar-refractivity contribution in [3.8, 4) is 6.07 Å². The second-order valence-electron chi connectivity index (χ2n) is 3.18. The summed E-state index contributed by atoms with van der Waals surface area (Å²) in [4.78, 5) is 0. The second-order valence-corrected chi connectivity index (χ2v) is 4.47. The Morgan fingerprint density at radius 1 is 1.60 bits per heavy atom. The Labute approximate surface area is 103 Å². The lowest BCUT2D eigenvalue weighted by atomic mass is 10.1. The normalized spacial score (nSPS) is 12.1. The molecule has 0 radical (unpaired) electrons. The topological polar surface area (TPSA) is 35.8 Å². The maximum atomic E-state index is 9.03. The first-order valence-electron chi connectivity index (χ1n) is 4.77. The minimum atomic E-state index is -0.281. The summed E-state index contributed by atoms with van der Waals surface area (Å²) in [5.74, 6) is 0. The smallest absolute Gasteiger partial charge is 0.122 e. The van der Waals surface area contributed by atoms with E-state index in [1.54, 1.807) is 12.1 Å². The van der Waals surface area contributed by atoms with E-state index in [-0.39, 0.29) is 6.04 Å². The summed E-state index contributed by atoms with van der Waals surface area (Å²) < 4.78 is 0.866. The van der Waals surface area contributed by atoms with Crippen LogP contribution < -0.4 is 5.32 Å². The SMILES string of the molecule is CCCNC(C#N)c1ccc(Cl)cc1Br. The van der Waals surface area contributed by atoms with E-state index in [1.165, 1.54) is 0 Å². The largest absolute Gasteiger partial charge is 0.298 e. The third-order valence-electron chi connectivity index (χ3n) is 2.00. The Bertz CT molecular complexity index is 373. The zero-order valence-electron chi connectivity index (χ0n) is 8.43. The van der Waals surface area contributed by atoms with Crippen molar-refractivity contribution in [2.24, 2.45) is 0 Å². The van der Waals surface area contributed by atoms with E-state index >= 15 is 0 Å². The number of nitrogens with zero attached hydrogens (tertiary/aromatic N) is 1. The van der Waals surface area contributed by atoms with Crippen molar-refractivity contribution in [3.05, 3.63) is 33.3 Å². The van der Waals surface area contributed by atoms with Gasteiger partial charge in [-0.3, -0.25) is 5.32 Å². The van der Waals surface area contributed by atoms with Crippen molar-refractivity contribution in [2.75, 3.05) is 6.54 Å². The molecule has 0 fully saturated rings. The van der Waals surface area contributed by atoms with Gasteiger partial charge >= 0.3 is 0 Å². The molecule has 1 atom stereocenters. The highest BCUT2D eigenvalue weighted by Gasteiger charge is 2.12. The van der Waals surface area contributed by atoms with Gasteiger partial charge in [-0.15, -0.1) is 0 Å². The van der Waals surface area contributed by atoms with E-state index in [2.05, 4.69) is 34.2 Å². The van der Waals surface area contributed by atoms with E-state index < -0.39 is 0 Å². The van der Waals surface area contributed by atoms with Crippen LogP contribution in [0.3, 0.4) is 0 Å². The van der Waals surface area contributed by atoms with Crippen LogP contribution in [0.15, 0.2) is 22.7 Å². The Morgan fingerprint density at radius 3 is 2.87 bits per heavy atom. The maximum absolute atomic E-state index is 9.03. The molecule has 0 aliphatic rings. The molecule has 0 spiro atoms. The molecular formula is C11H12BrClN2. The van der Waals surface area contributed by atoms with Crippen LogP contribution in [0.1, 0.15) is 24.9 Å². The first-order chi connectivity index (χ1) is 7.19. The summed E-state index contributed by atoms with van der Waals surface area (Å²) in [6.45, 7) is 2.89. The molecule has 4 heteroatoms. The zero-order chi connectivity index (χ0) is 11.3. The molecule has 1 N–H and O–H groups in total. The van der Waals surface area contributed by atoms with Crippen LogP contribution in [0.5, 0.6) is 0 Å².